The monoisotopic (exact) mass is 571 g/mol. The third-order valence-corrected chi connectivity index (χ3v) is 6.77. The van der Waals surface area contributed by atoms with Crippen LogP contribution < -0.4 is 10.6 Å². The number of rotatable bonds is 16. The average molecular weight is 572 g/mol. The van der Waals surface area contributed by atoms with E-state index in [1.807, 2.05) is 13.8 Å². The van der Waals surface area contributed by atoms with Crippen molar-refractivity contribution in [2.45, 2.75) is 104 Å². The summed E-state index contributed by atoms with van der Waals surface area (Å²) in [5.74, 6) is 0.756. The zero-order valence-electron chi connectivity index (χ0n) is 25.9. The van der Waals surface area contributed by atoms with E-state index >= 15 is 0 Å². The number of nitrogens with one attached hydrogen (secondary N) is 2. The van der Waals surface area contributed by atoms with Gasteiger partial charge in [-0.25, -0.2) is 4.79 Å². The number of hydrogen-bond acceptors (Lipinski definition) is 6. The predicted molar refractivity (Wildman–Crippen MR) is 160 cm³/mol. The molecule has 0 heterocycles. The summed E-state index contributed by atoms with van der Waals surface area (Å²) in [6.07, 6.45) is 11.3. The highest BCUT2D eigenvalue weighted by Gasteiger charge is 2.38. The molecule has 3 atom stereocenters. The molecule has 0 aliphatic heterocycles. The van der Waals surface area contributed by atoms with E-state index in [4.69, 9.17) is 11.2 Å². The Bertz CT molecular complexity index is 1030. The molecule has 0 aromatic heterocycles. The molecule has 2 N–H and O–H groups in total. The second kappa shape index (κ2) is 18.0. The second-order valence-electron chi connectivity index (χ2n) is 11.3. The topological polar surface area (TPSA) is 114 Å². The molecule has 0 spiro atoms. The van der Waals surface area contributed by atoms with E-state index in [0.717, 1.165) is 32.1 Å². The molecule has 1 aromatic carbocycles. The van der Waals surface area contributed by atoms with Gasteiger partial charge >= 0.3 is 12.1 Å². The summed E-state index contributed by atoms with van der Waals surface area (Å²) in [6.45, 7) is 11.1. The van der Waals surface area contributed by atoms with Gasteiger partial charge in [0.2, 0.25) is 11.8 Å². The van der Waals surface area contributed by atoms with E-state index < -0.39 is 41.6 Å². The fraction of sp³-hybridized carbons (Fsp3) is 0.625. The van der Waals surface area contributed by atoms with Crippen LogP contribution in [-0.2, 0) is 23.9 Å². The van der Waals surface area contributed by atoms with Gasteiger partial charge in [0.1, 0.15) is 24.2 Å². The van der Waals surface area contributed by atoms with Crippen LogP contribution in [-0.4, -0.2) is 60.6 Å². The van der Waals surface area contributed by atoms with Gasteiger partial charge in [-0.3, -0.25) is 14.4 Å². The molecule has 9 heteroatoms. The highest BCUT2D eigenvalue weighted by atomic mass is 16.6. The number of alkyl carbamates (subject to hydrolysis) is 1. The first kappa shape index (κ1) is 35.5. The van der Waals surface area contributed by atoms with Gasteiger partial charge < -0.3 is 25.0 Å². The fourth-order valence-corrected chi connectivity index (χ4v) is 4.29. The lowest BCUT2D eigenvalue weighted by molar-refractivity contribution is -0.145. The number of nitrogens with zero attached hydrogens (tertiary/aromatic N) is 1. The maximum atomic E-state index is 14.3. The Morgan fingerprint density at radius 2 is 1.61 bits per heavy atom. The van der Waals surface area contributed by atoms with E-state index in [-0.39, 0.29) is 19.0 Å². The summed E-state index contributed by atoms with van der Waals surface area (Å²) in [5, 5.41) is 5.37. The van der Waals surface area contributed by atoms with Crippen molar-refractivity contribution in [3.8, 4) is 12.3 Å². The lowest BCUT2D eigenvalue weighted by Gasteiger charge is -2.36. The normalized spacial score (nSPS) is 13.2. The van der Waals surface area contributed by atoms with E-state index in [1.165, 1.54) is 12.0 Å². The summed E-state index contributed by atoms with van der Waals surface area (Å²) >= 11 is 0. The van der Waals surface area contributed by atoms with Crippen LogP contribution in [0.25, 0.3) is 0 Å². The van der Waals surface area contributed by atoms with E-state index in [2.05, 4.69) is 28.2 Å². The molecule has 41 heavy (non-hydrogen) atoms. The molecule has 3 amide bonds. The van der Waals surface area contributed by atoms with Gasteiger partial charge in [0.05, 0.1) is 7.11 Å². The number of unbranched alkanes of at least 4 members (excludes halogenated alkanes) is 5. The van der Waals surface area contributed by atoms with Crippen molar-refractivity contribution in [2.75, 3.05) is 20.2 Å². The lowest BCUT2D eigenvalue weighted by atomic mass is 9.95. The first-order valence-electron chi connectivity index (χ1n) is 14.6. The number of benzene rings is 1. The molecular formula is C32H49N3O6. The lowest BCUT2D eigenvalue weighted by Crippen LogP contribution is -2.55. The fourth-order valence-electron chi connectivity index (χ4n) is 4.29. The number of ether oxygens (including phenoxy) is 2. The van der Waals surface area contributed by atoms with Gasteiger partial charge in [0.25, 0.3) is 0 Å². The Morgan fingerprint density at radius 1 is 1.00 bits per heavy atom. The smallest absolute Gasteiger partial charge is 0.408 e. The minimum absolute atomic E-state index is 0.246. The van der Waals surface area contributed by atoms with Crippen molar-refractivity contribution in [2.24, 2.45) is 5.92 Å². The maximum absolute atomic E-state index is 14.3. The molecule has 0 aliphatic rings. The third-order valence-electron chi connectivity index (χ3n) is 6.77. The minimum atomic E-state index is -1.07. The zero-order valence-corrected chi connectivity index (χ0v) is 25.9. The van der Waals surface area contributed by atoms with Crippen LogP contribution in [0.15, 0.2) is 24.3 Å². The Labute approximate surface area is 246 Å². The van der Waals surface area contributed by atoms with Gasteiger partial charge in [-0.05, 0) is 50.8 Å². The Hall–Kier alpha value is -3.54. The van der Waals surface area contributed by atoms with Crippen LogP contribution in [0, 0.1) is 18.3 Å². The predicted octanol–water partition coefficient (Wildman–Crippen LogP) is 5.13. The molecular weight excluding hydrogens is 522 g/mol. The van der Waals surface area contributed by atoms with E-state index in [1.54, 1.807) is 45.0 Å². The van der Waals surface area contributed by atoms with Gasteiger partial charge in [-0.15, -0.1) is 6.42 Å². The van der Waals surface area contributed by atoms with E-state index in [9.17, 15) is 19.2 Å². The molecule has 1 rings (SSSR count). The molecule has 0 aliphatic carbocycles. The number of carbonyl (C=O) groups is 4. The van der Waals surface area contributed by atoms with Gasteiger partial charge in [-0.2, -0.15) is 0 Å². The standard InChI is InChI=1S/C32H49N3O6/c1-9-12-13-14-15-16-21-35(30(38)27(23(4)10-2)34-31(39)41-32(5,6)7)28(29(37)33-22-26(36)40-8)25-19-17-24(11-3)18-20-25/h3,17-20,23,27-28H,9-10,12-16,21-22H2,1-2,4-8H3,(H,33,37)(H,34,39). The molecule has 0 saturated heterocycles. The molecule has 0 saturated carbocycles. The second-order valence-corrected chi connectivity index (χ2v) is 11.3. The largest absolute Gasteiger partial charge is 0.468 e. The molecule has 228 valence electrons. The summed E-state index contributed by atoms with van der Waals surface area (Å²) in [7, 11) is 1.23. The Kier molecular flexibility index (Phi) is 15.6. The van der Waals surface area contributed by atoms with Gasteiger partial charge in [0.15, 0.2) is 0 Å². The number of carbonyl (C=O) groups excluding carboxylic acids is 4. The summed E-state index contributed by atoms with van der Waals surface area (Å²) in [4.78, 5) is 54.1. The van der Waals surface area contributed by atoms with Crippen molar-refractivity contribution in [3.63, 3.8) is 0 Å². The quantitative estimate of drug-likeness (QED) is 0.162. The molecule has 0 fully saturated rings. The van der Waals surface area contributed by atoms with Crippen LogP contribution in [0.2, 0.25) is 0 Å². The minimum Gasteiger partial charge on any atom is -0.468 e. The van der Waals surface area contributed by atoms with Crippen molar-refractivity contribution >= 4 is 23.9 Å². The first-order valence-corrected chi connectivity index (χ1v) is 14.6. The average Bonchev–Trinajstić information content (AvgIpc) is 2.94. The van der Waals surface area contributed by atoms with Crippen molar-refractivity contribution in [1.29, 1.82) is 0 Å². The summed E-state index contributed by atoms with van der Waals surface area (Å²) in [6, 6.07) is 4.82. The molecule has 0 bridgehead atoms. The summed E-state index contributed by atoms with van der Waals surface area (Å²) in [5.41, 5.74) is 0.409. The van der Waals surface area contributed by atoms with Crippen LogP contribution in [0.1, 0.15) is 104 Å². The van der Waals surface area contributed by atoms with Gasteiger partial charge in [-0.1, -0.05) is 77.3 Å². The van der Waals surface area contributed by atoms with Crippen LogP contribution in [0.3, 0.4) is 0 Å². The number of hydrogen-bond donors (Lipinski definition) is 2. The highest BCUT2D eigenvalue weighted by Crippen LogP contribution is 2.26. The number of esters is 1. The van der Waals surface area contributed by atoms with Gasteiger partial charge in [0, 0.05) is 12.1 Å². The van der Waals surface area contributed by atoms with Crippen LogP contribution in [0.4, 0.5) is 4.79 Å². The maximum Gasteiger partial charge on any atom is 0.408 e. The molecule has 1 aromatic rings. The third kappa shape index (κ3) is 12.7. The molecule has 0 radical (unpaired) electrons. The molecule has 9 nitrogen and oxygen atoms in total. The SMILES string of the molecule is C#Cc1ccc(C(C(=O)NCC(=O)OC)N(CCCCCCCC)C(=O)C(NC(=O)OC(C)(C)C)C(C)CC)cc1. The van der Waals surface area contributed by atoms with Crippen molar-refractivity contribution in [1.82, 2.24) is 15.5 Å². The Balaban J connectivity index is 3.51. The number of amides is 3. The Morgan fingerprint density at radius 3 is 2.15 bits per heavy atom. The van der Waals surface area contributed by atoms with E-state index in [0.29, 0.717) is 24.0 Å². The zero-order chi connectivity index (χ0) is 31.0. The van der Waals surface area contributed by atoms with Crippen LogP contribution >= 0.6 is 0 Å². The summed E-state index contributed by atoms with van der Waals surface area (Å²) < 4.78 is 10.1. The van der Waals surface area contributed by atoms with Crippen LogP contribution in [0.5, 0.6) is 0 Å². The highest BCUT2D eigenvalue weighted by molar-refractivity contribution is 5.93. The first-order chi connectivity index (χ1) is 19.4. The number of terminal acetylenes is 1. The molecule has 3 unspecified atom stereocenters. The number of methoxy groups -OCH3 is 1. The van der Waals surface area contributed by atoms with Crippen molar-refractivity contribution in [3.05, 3.63) is 35.4 Å². The van der Waals surface area contributed by atoms with Crippen molar-refractivity contribution < 1.29 is 28.7 Å².